The van der Waals surface area contributed by atoms with Crippen LogP contribution in [0, 0.1) is 45.3 Å². The number of rotatable bonds is 0. The first kappa shape index (κ1) is 14.8. The van der Waals surface area contributed by atoms with Crippen molar-refractivity contribution in [2.75, 3.05) is 0 Å². The zero-order valence-corrected chi connectivity index (χ0v) is 16.4. The Bertz CT molecular complexity index is 632. The van der Waals surface area contributed by atoms with Crippen LogP contribution >= 0.6 is 0 Å². The van der Waals surface area contributed by atoms with Crippen LogP contribution in [-0.2, 0) is 0 Å². The van der Waals surface area contributed by atoms with Crippen LogP contribution in [0.4, 0.5) is 0 Å². The van der Waals surface area contributed by atoms with Gasteiger partial charge in [0.05, 0.1) is 0 Å². The number of hydrogen-bond donors (Lipinski definition) is 0. The van der Waals surface area contributed by atoms with Crippen molar-refractivity contribution in [3.8, 4) is 0 Å². The average Bonchev–Trinajstić information content (AvgIpc) is 2.77. The highest BCUT2D eigenvalue weighted by molar-refractivity contribution is 5.61. The molecule has 0 aliphatic heterocycles. The van der Waals surface area contributed by atoms with Crippen molar-refractivity contribution in [3.63, 3.8) is 0 Å². The standard InChI is InChI=1S/C23H34/c1-20(2)14-10-16(20)22(5,6)18-12(14)9-13-15-11-17(21(15,3)4)23(7,8)19(13)18/h14-17H,9-11H2,1-8H3/t14-,15-,16+,17+/m1/s1. The van der Waals surface area contributed by atoms with E-state index < -0.39 is 0 Å². The largest absolute Gasteiger partial charge is 0.0590 e. The van der Waals surface area contributed by atoms with E-state index >= 15 is 0 Å². The molecule has 0 amide bonds. The lowest BCUT2D eigenvalue weighted by Crippen LogP contribution is -2.59. The first-order valence-corrected chi connectivity index (χ1v) is 9.90. The minimum atomic E-state index is 0.385. The lowest BCUT2D eigenvalue weighted by atomic mass is 9.37. The summed E-state index contributed by atoms with van der Waals surface area (Å²) >= 11 is 0. The van der Waals surface area contributed by atoms with Crippen molar-refractivity contribution in [2.24, 2.45) is 45.3 Å². The Balaban J connectivity index is 1.72. The molecule has 0 N–H and O–H groups in total. The second kappa shape index (κ2) is 3.54. The van der Waals surface area contributed by atoms with Crippen LogP contribution in [0.5, 0.6) is 0 Å². The molecule has 7 aliphatic rings. The topological polar surface area (TPSA) is 0 Å². The van der Waals surface area contributed by atoms with Crippen LogP contribution in [0.25, 0.3) is 0 Å². The molecular weight excluding hydrogens is 276 g/mol. The Morgan fingerprint density at radius 3 is 1.26 bits per heavy atom. The Labute approximate surface area is 142 Å². The first-order chi connectivity index (χ1) is 10.4. The molecule has 0 radical (unpaired) electrons. The molecule has 0 aromatic rings. The van der Waals surface area contributed by atoms with E-state index in [1.165, 1.54) is 19.3 Å². The van der Waals surface area contributed by atoms with Gasteiger partial charge in [-0.1, -0.05) is 66.5 Å². The van der Waals surface area contributed by atoms with Crippen LogP contribution in [0.15, 0.2) is 22.3 Å². The summed E-state index contributed by atoms with van der Waals surface area (Å²) in [5.74, 6) is 3.51. The van der Waals surface area contributed by atoms with E-state index in [0.717, 1.165) is 23.7 Å². The summed E-state index contributed by atoms with van der Waals surface area (Å²) in [5.41, 5.74) is 9.28. The van der Waals surface area contributed by atoms with E-state index in [4.69, 9.17) is 0 Å². The molecule has 0 unspecified atom stereocenters. The van der Waals surface area contributed by atoms with Gasteiger partial charge in [0.1, 0.15) is 0 Å². The second-order valence-electron chi connectivity index (χ2n) is 11.7. The molecule has 0 nitrogen and oxygen atoms in total. The first-order valence-electron chi connectivity index (χ1n) is 9.90. The maximum absolute atomic E-state index is 2.57. The number of allylic oxidation sites excluding steroid dienone is 4. The monoisotopic (exact) mass is 310 g/mol. The van der Waals surface area contributed by atoms with Gasteiger partial charge in [-0.25, -0.2) is 0 Å². The Hall–Kier alpha value is -0.520. The van der Waals surface area contributed by atoms with Gasteiger partial charge < -0.3 is 0 Å². The second-order valence-corrected chi connectivity index (χ2v) is 11.7. The maximum Gasteiger partial charge on any atom is -0.00671 e. The molecule has 126 valence electrons. The van der Waals surface area contributed by atoms with Gasteiger partial charge in [-0.3, -0.25) is 0 Å². The third-order valence-corrected chi connectivity index (χ3v) is 9.68. The minimum Gasteiger partial charge on any atom is -0.0590 e. The van der Waals surface area contributed by atoms with E-state index in [1.54, 1.807) is 0 Å². The predicted molar refractivity (Wildman–Crippen MR) is 97.0 cm³/mol. The quantitative estimate of drug-likeness (QED) is 0.486. The van der Waals surface area contributed by atoms with Crippen molar-refractivity contribution in [1.29, 1.82) is 0 Å². The van der Waals surface area contributed by atoms with Crippen molar-refractivity contribution in [1.82, 2.24) is 0 Å². The van der Waals surface area contributed by atoms with Crippen molar-refractivity contribution in [3.05, 3.63) is 22.3 Å². The molecule has 0 heteroatoms. The van der Waals surface area contributed by atoms with E-state index in [2.05, 4.69) is 55.4 Å². The fourth-order valence-corrected chi connectivity index (χ4v) is 8.60. The van der Waals surface area contributed by atoms with Gasteiger partial charge in [0.25, 0.3) is 0 Å². The fraction of sp³-hybridized carbons (Fsp3) is 0.826. The Kier molecular flexibility index (Phi) is 2.27. The molecule has 4 atom stereocenters. The summed E-state index contributed by atoms with van der Waals surface area (Å²) in [6.07, 6.45) is 4.24. The van der Waals surface area contributed by atoms with Crippen molar-refractivity contribution in [2.45, 2.75) is 74.7 Å². The molecule has 0 heterocycles. The zero-order chi connectivity index (χ0) is 16.7. The SMILES string of the molecule is CC1(C)C2=C(CC3=C2C(C)(C)[C@H]2C[C@H]3C2(C)C)[C@H]2C[C@H]1C2(C)C. The summed E-state index contributed by atoms with van der Waals surface area (Å²) in [5, 5.41) is 0. The molecule has 0 aromatic heterocycles. The molecule has 7 rings (SSSR count). The van der Waals surface area contributed by atoms with E-state index in [0.29, 0.717) is 21.7 Å². The van der Waals surface area contributed by atoms with Gasteiger partial charge >= 0.3 is 0 Å². The number of hydrogen-bond acceptors (Lipinski definition) is 0. The Morgan fingerprint density at radius 1 is 0.609 bits per heavy atom. The zero-order valence-electron chi connectivity index (χ0n) is 16.4. The van der Waals surface area contributed by atoms with Gasteiger partial charge in [0, 0.05) is 0 Å². The summed E-state index contributed by atoms with van der Waals surface area (Å²) in [6, 6.07) is 0. The van der Waals surface area contributed by atoms with Gasteiger partial charge in [-0.05, 0) is 75.7 Å². The van der Waals surface area contributed by atoms with E-state index in [-0.39, 0.29) is 0 Å². The fourth-order valence-electron chi connectivity index (χ4n) is 8.60. The van der Waals surface area contributed by atoms with Crippen LogP contribution in [-0.4, -0.2) is 0 Å². The van der Waals surface area contributed by atoms with E-state index in [9.17, 15) is 0 Å². The molecule has 2 saturated carbocycles. The minimum absolute atomic E-state index is 0.385. The van der Waals surface area contributed by atoms with Gasteiger partial charge in [-0.2, -0.15) is 0 Å². The van der Waals surface area contributed by atoms with Crippen molar-refractivity contribution >= 4 is 0 Å². The summed E-state index contributed by atoms with van der Waals surface area (Å²) in [6.45, 7) is 20.5. The van der Waals surface area contributed by atoms with E-state index in [1.807, 2.05) is 22.3 Å². The summed E-state index contributed by atoms with van der Waals surface area (Å²) in [4.78, 5) is 0. The van der Waals surface area contributed by atoms with Gasteiger partial charge in [0.2, 0.25) is 0 Å². The summed E-state index contributed by atoms with van der Waals surface area (Å²) in [7, 11) is 0. The Morgan fingerprint density at radius 2 is 0.957 bits per heavy atom. The third kappa shape index (κ3) is 1.29. The molecule has 23 heavy (non-hydrogen) atoms. The van der Waals surface area contributed by atoms with Crippen molar-refractivity contribution < 1.29 is 0 Å². The molecule has 0 aromatic carbocycles. The smallest absolute Gasteiger partial charge is 0.00671 e. The molecule has 4 bridgehead atoms. The van der Waals surface area contributed by atoms with Crippen LogP contribution in [0.1, 0.15) is 74.7 Å². The molecule has 7 aliphatic carbocycles. The third-order valence-electron chi connectivity index (χ3n) is 9.68. The molecule has 0 spiro atoms. The molecule has 0 saturated heterocycles. The maximum atomic E-state index is 2.57. The molecular formula is C23H34. The lowest BCUT2D eigenvalue weighted by molar-refractivity contribution is -0.0861. The summed E-state index contributed by atoms with van der Waals surface area (Å²) < 4.78 is 0. The predicted octanol–water partition coefficient (Wildman–Crippen LogP) is 6.39. The molecule has 2 fully saturated rings. The highest BCUT2D eigenvalue weighted by Gasteiger charge is 2.68. The van der Waals surface area contributed by atoms with Crippen LogP contribution < -0.4 is 0 Å². The highest BCUT2D eigenvalue weighted by Crippen LogP contribution is 2.78. The lowest BCUT2D eigenvalue weighted by Gasteiger charge is -2.67. The average molecular weight is 311 g/mol. The highest BCUT2D eigenvalue weighted by atomic mass is 14.7. The normalized spacial score (nSPS) is 45.9. The van der Waals surface area contributed by atoms with Gasteiger partial charge in [0.15, 0.2) is 0 Å². The van der Waals surface area contributed by atoms with Crippen LogP contribution in [0.2, 0.25) is 0 Å². The van der Waals surface area contributed by atoms with Gasteiger partial charge in [-0.15, -0.1) is 0 Å². The van der Waals surface area contributed by atoms with Crippen LogP contribution in [0.3, 0.4) is 0 Å².